The summed E-state index contributed by atoms with van der Waals surface area (Å²) in [5.41, 5.74) is 3.03. The molecule has 2 aromatic rings. The molecule has 5 nitrogen and oxygen atoms in total. The minimum absolute atomic E-state index is 0.0966. The van der Waals surface area contributed by atoms with E-state index in [4.69, 9.17) is 16.3 Å². The molecule has 0 aliphatic rings. The van der Waals surface area contributed by atoms with Gasteiger partial charge >= 0.3 is 0 Å². The molecule has 0 atom stereocenters. The number of hydrazone groups is 1. The van der Waals surface area contributed by atoms with Gasteiger partial charge in [0.1, 0.15) is 11.5 Å². The summed E-state index contributed by atoms with van der Waals surface area (Å²) < 4.78 is 6.32. The van der Waals surface area contributed by atoms with E-state index in [9.17, 15) is 9.90 Å². The summed E-state index contributed by atoms with van der Waals surface area (Å²) >= 11 is 12.3. The minimum atomic E-state index is -0.418. The zero-order chi connectivity index (χ0) is 16.8. The fourth-order valence-electron chi connectivity index (χ4n) is 1.58. The van der Waals surface area contributed by atoms with Gasteiger partial charge in [-0.1, -0.05) is 23.7 Å². The number of hydrogen-bond acceptors (Lipinski definition) is 4. The first-order chi connectivity index (χ1) is 11.0. The number of carbonyl (C=O) groups excluding carboxylic acids is 1. The third-order valence-electron chi connectivity index (χ3n) is 2.64. The van der Waals surface area contributed by atoms with Crippen molar-refractivity contribution in [3.8, 4) is 11.5 Å². The molecule has 2 aromatic carbocycles. The average Bonchev–Trinajstić information content (AvgIpc) is 2.52. The van der Waals surface area contributed by atoms with Crippen molar-refractivity contribution in [2.45, 2.75) is 0 Å². The summed E-state index contributed by atoms with van der Waals surface area (Å²) in [5, 5.41) is 13.9. The number of rotatable bonds is 5. The number of carbonyl (C=O) groups is 1. The van der Waals surface area contributed by atoms with E-state index in [2.05, 4.69) is 42.4 Å². The van der Waals surface area contributed by atoms with Crippen LogP contribution in [0.15, 0.2) is 50.4 Å². The number of halogens is 3. The number of amides is 1. The van der Waals surface area contributed by atoms with Gasteiger partial charge in [-0.3, -0.25) is 4.79 Å². The van der Waals surface area contributed by atoms with Crippen LogP contribution in [0.3, 0.4) is 0 Å². The van der Waals surface area contributed by atoms with Crippen molar-refractivity contribution in [2.24, 2.45) is 5.10 Å². The van der Waals surface area contributed by atoms with Crippen molar-refractivity contribution in [1.29, 1.82) is 0 Å². The lowest BCUT2D eigenvalue weighted by molar-refractivity contribution is -0.123. The van der Waals surface area contributed by atoms with E-state index >= 15 is 0 Å². The lowest BCUT2D eigenvalue weighted by Crippen LogP contribution is -2.24. The molecule has 2 N–H and O–H groups in total. The largest absolute Gasteiger partial charge is 0.506 e. The molecule has 8 heteroatoms. The highest BCUT2D eigenvalue weighted by atomic mass is 79.9. The van der Waals surface area contributed by atoms with Gasteiger partial charge in [0.25, 0.3) is 5.91 Å². The number of aromatic hydroxyl groups is 1. The first-order valence-electron chi connectivity index (χ1n) is 6.34. The van der Waals surface area contributed by atoms with Crippen LogP contribution in [0.25, 0.3) is 0 Å². The zero-order valence-electron chi connectivity index (χ0n) is 11.6. The monoisotopic (exact) mass is 460 g/mol. The smallest absolute Gasteiger partial charge is 0.277 e. The molecule has 0 saturated carbocycles. The second-order valence-electron chi connectivity index (χ2n) is 4.35. The van der Waals surface area contributed by atoms with Crippen molar-refractivity contribution in [3.63, 3.8) is 0 Å². The Labute approximate surface area is 154 Å². The Hall–Kier alpha value is -1.57. The predicted molar refractivity (Wildman–Crippen MR) is 96.2 cm³/mol. The van der Waals surface area contributed by atoms with E-state index in [1.165, 1.54) is 6.21 Å². The Morgan fingerprint density at radius 3 is 2.61 bits per heavy atom. The number of nitrogens with zero attached hydrogens (tertiary/aromatic N) is 1. The Balaban J connectivity index is 1.88. The highest BCUT2D eigenvalue weighted by molar-refractivity contribution is 9.11. The number of para-hydroxylation sites is 1. The molecule has 0 unspecified atom stereocenters. The highest BCUT2D eigenvalue weighted by Gasteiger charge is 2.06. The maximum absolute atomic E-state index is 11.7. The molecule has 23 heavy (non-hydrogen) atoms. The Morgan fingerprint density at radius 2 is 1.96 bits per heavy atom. The quantitative estimate of drug-likeness (QED) is 0.519. The topological polar surface area (TPSA) is 70.9 Å². The first-order valence-corrected chi connectivity index (χ1v) is 8.31. The van der Waals surface area contributed by atoms with Crippen molar-refractivity contribution in [2.75, 3.05) is 6.61 Å². The van der Waals surface area contributed by atoms with E-state index in [-0.39, 0.29) is 12.4 Å². The standard InChI is InChI=1S/C15H11Br2ClN2O3/c16-10-5-9(6-11(17)15(10)22)7-19-20-14(21)8-23-13-4-2-1-3-12(13)18/h1-7,22H,8H2,(H,20,21). The summed E-state index contributed by atoms with van der Waals surface area (Å²) in [6.45, 7) is -0.204. The fourth-order valence-corrected chi connectivity index (χ4v) is 2.99. The van der Waals surface area contributed by atoms with Crippen molar-refractivity contribution < 1.29 is 14.6 Å². The molecular weight excluding hydrogens is 451 g/mol. The van der Waals surface area contributed by atoms with Crippen LogP contribution >= 0.6 is 43.5 Å². The third kappa shape index (κ3) is 5.23. The van der Waals surface area contributed by atoms with E-state index in [1.54, 1.807) is 36.4 Å². The van der Waals surface area contributed by atoms with Crippen LogP contribution in [0.2, 0.25) is 5.02 Å². The van der Waals surface area contributed by atoms with Gasteiger partial charge in [-0.05, 0) is 61.7 Å². The molecule has 0 heterocycles. The van der Waals surface area contributed by atoms with Crippen molar-refractivity contribution >= 4 is 55.6 Å². The number of phenolic OH excluding ortho intramolecular Hbond substituents is 1. The molecule has 0 aromatic heterocycles. The SMILES string of the molecule is O=C(COc1ccccc1Cl)NN=Cc1cc(Br)c(O)c(Br)c1. The molecule has 0 spiro atoms. The average molecular weight is 463 g/mol. The Bertz CT molecular complexity index is 730. The summed E-state index contributed by atoms with van der Waals surface area (Å²) in [7, 11) is 0. The van der Waals surface area contributed by atoms with Crippen LogP contribution in [0.1, 0.15) is 5.56 Å². The van der Waals surface area contributed by atoms with Gasteiger partial charge in [-0.25, -0.2) is 5.43 Å². The van der Waals surface area contributed by atoms with Gasteiger partial charge < -0.3 is 9.84 Å². The van der Waals surface area contributed by atoms with Gasteiger partial charge in [0.2, 0.25) is 0 Å². The van der Waals surface area contributed by atoms with Gasteiger partial charge in [-0.15, -0.1) is 0 Å². The molecule has 0 fully saturated rings. The molecule has 0 bridgehead atoms. The van der Waals surface area contributed by atoms with Crippen molar-refractivity contribution in [1.82, 2.24) is 5.43 Å². The van der Waals surface area contributed by atoms with Crippen LogP contribution < -0.4 is 10.2 Å². The first kappa shape index (κ1) is 17.8. The lowest BCUT2D eigenvalue weighted by Gasteiger charge is -2.06. The molecule has 1 amide bonds. The minimum Gasteiger partial charge on any atom is -0.506 e. The van der Waals surface area contributed by atoms with E-state index in [0.29, 0.717) is 25.3 Å². The normalized spacial score (nSPS) is 10.7. The third-order valence-corrected chi connectivity index (χ3v) is 4.16. The maximum Gasteiger partial charge on any atom is 0.277 e. The molecule has 0 radical (unpaired) electrons. The van der Waals surface area contributed by atoms with Gasteiger partial charge in [-0.2, -0.15) is 5.10 Å². The van der Waals surface area contributed by atoms with Gasteiger partial charge in [0, 0.05) is 0 Å². The van der Waals surface area contributed by atoms with E-state index in [1.807, 2.05) is 0 Å². The van der Waals surface area contributed by atoms with Crippen LogP contribution in [0.4, 0.5) is 0 Å². The summed E-state index contributed by atoms with van der Waals surface area (Å²) in [6, 6.07) is 10.2. The Morgan fingerprint density at radius 1 is 1.30 bits per heavy atom. The molecule has 0 saturated heterocycles. The molecule has 0 aliphatic carbocycles. The number of hydrogen-bond donors (Lipinski definition) is 2. The lowest BCUT2D eigenvalue weighted by atomic mass is 10.2. The number of benzene rings is 2. The summed E-state index contributed by atoms with van der Waals surface area (Å²) in [4.78, 5) is 11.7. The number of phenols is 1. The number of nitrogens with one attached hydrogen (secondary N) is 1. The van der Waals surface area contributed by atoms with Crippen LogP contribution in [-0.4, -0.2) is 23.8 Å². The van der Waals surface area contributed by atoms with Gasteiger partial charge in [0.05, 0.1) is 20.2 Å². The second-order valence-corrected chi connectivity index (χ2v) is 6.46. The second kappa shape index (κ2) is 8.33. The molecule has 120 valence electrons. The zero-order valence-corrected chi connectivity index (χ0v) is 15.5. The highest BCUT2D eigenvalue weighted by Crippen LogP contribution is 2.32. The van der Waals surface area contributed by atoms with Gasteiger partial charge in [0.15, 0.2) is 6.61 Å². The molecule has 2 rings (SSSR count). The van der Waals surface area contributed by atoms with Crippen molar-refractivity contribution in [3.05, 3.63) is 55.9 Å². The van der Waals surface area contributed by atoms with Crippen LogP contribution in [-0.2, 0) is 4.79 Å². The van der Waals surface area contributed by atoms with E-state index in [0.717, 1.165) is 0 Å². The molecule has 0 aliphatic heterocycles. The van der Waals surface area contributed by atoms with E-state index < -0.39 is 5.91 Å². The predicted octanol–water partition coefficient (Wildman–Crippen LogP) is 4.10. The summed E-state index contributed by atoms with van der Waals surface area (Å²) in [5.74, 6) is 0.108. The van der Waals surface area contributed by atoms with Crippen LogP contribution in [0.5, 0.6) is 11.5 Å². The maximum atomic E-state index is 11.7. The Kier molecular flexibility index (Phi) is 6.44. The fraction of sp³-hybridized carbons (Fsp3) is 0.0667. The summed E-state index contributed by atoms with van der Waals surface area (Å²) in [6.07, 6.45) is 1.45. The van der Waals surface area contributed by atoms with Crippen LogP contribution in [0, 0.1) is 0 Å². The molecular formula is C15H11Br2ClN2O3. The number of ether oxygens (including phenoxy) is 1.